The molecule has 0 aromatic rings. The number of hydrogen-bond acceptors (Lipinski definition) is 6. The minimum absolute atomic E-state index is 0.00888. The van der Waals surface area contributed by atoms with Gasteiger partial charge >= 0.3 is 0 Å². The molecule has 0 aliphatic heterocycles. The van der Waals surface area contributed by atoms with Gasteiger partial charge in [0.15, 0.2) is 5.78 Å². The van der Waals surface area contributed by atoms with Crippen LogP contribution in [0.15, 0.2) is 11.6 Å². The Morgan fingerprint density at radius 1 is 1.12 bits per heavy atom. The number of aliphatic hydroxyl groups excluding tert-OH is 3. The molecule has 3 fully saturated rings. The van der Waals surface area contributed by atoms with E-state index in [0.29, 0.717) is 25.7 Å². The Labute approximate surface area is 198 Å². The van der Waals surface area contributed by atoms with Crippen LogP contribution in [0.2, 0.25) is 0 Å². The minimum atomic E-state index is -1.10. The molecule has 0 saturated heterocycles. The maximum Gasteiger partial charge on any atom is 0.159 e. The second-order valence-electron chi connectivity index (χ2n) is 12.9. The Balaban J connectivity index is 1.62. The largest absolute Gasteiger partial charge is 0.393 e. The van der Waals surface area contributed by atoms with Crippen molar-refractivity contribution in [3.8, 4) is 0 Å². The first-order valence-electron chi connectivity index (χ1n) is 12.9. The van der Waals surface area contributed by atoms with E-state index in [1.165, 1.54) is 0 Å². The van der Waals surface area contributed by atoms with E-state index in [2.05, 4.69) is 20.8 Å². The molecule has 4 aliphatic rings. The summed E-state index contributed by atoms with van der Waals surface area (Å²) in [6, 6.07) is 0. The number of rotatable bonds is 5. The molecule has 5 N–H and O–H groups in total. The van der Waals surface area contributed by atoms with Crippen molar-refractivity contribution >= 4 is 5.78 Å². The lowest BCUT2D eigenvalue weighted by molar-refractivity contribution is -0.154. The fourth-order valence-electron chi connectivity index (χ4n) is 8.29. The summed E-state index contributed by atoms with van der Waals surface area (Å²) in [5.74, 6) is -0.264. The summed E-state index contributed by atoms with van der Waals surface area (Å²) in [6.45, 7) is 9.74. The Hall–Kier alpha value is -0.790. The first-order valence-corrected chi connectivity index (χ1v) is 12.9. The predicted octanol–water partition coefficient (Wildman–Crippen LogP) is 2.74. The zero-order valence-corrected chi connectivity index (χ0v) is 20.9. The average molecular weight is 465 g/mol. The topological polar surface area (TPSA) is 118 Å². The number of hydrogen-bond donors (Lipinski definition) is 5. The molecule has 0 heterocycles. The van der Waals surface area contributed by atoms with Crippen molar-refractivity contribution in [2.75, 3.05) is 0 Å². The first-order chi connectivity index (χ1) is 15.1. The molecule has 188 valence electrons. The van der Waals surface area contributed by atoms with Crippen molar-refractivity contribution in [2.45, 2.75) is 115 Å². The highest BCUT2D eigenvalue weighted by Gasteiger charge is 2.67. The van der Waals surface area contributed by atoms with E-state index in [0.717, 1.165) is 24.8 Å². The van der Waals surface area contributed by atoms with Crippen LogP contribution in [-0.2, 0) is 4.79 Å². The highest BCUT2D eigenvalue weighted by atomic mass is 16.3. The normalized spacial score (nSPS) is 47.3. The molecular formula is C27H44O6. The summed E-state index contributed by atoms with van der Waals surface area (Å²) in [6.07, 6.45) is 4.06. The zero-order chi connectivity index (χ0) is 24.6. The molecular weight excluding hydrogens is 420 g/mol. The summed E-state index contributed by atoms with van der Waals surface area (Å²) in [7, 11) is 0. The van der Waals surface area contributed by atoms with Crippen LogP contribution in [0.5, 0.6) is 0 Å². The highest BCUT2D eigenvalue weighted by Crippen LogP contribution is 2.68. The van der Waals surface area contributed by atoms with Crippen LogP contribution in [0.3, 0.4) is 0 Å². The van der Waals surface area contributed by atoms with Crippen LogP contribution in [-0.4, -0.2) is 60.8 Å². The van der Waals surface area contributed by atoms with Gasteiger partial charge in [-0.25, -0.2) is 0 Å². The van der Waals surface area contributed by atoms with Gasteiger partial charge in [-0.1, -0.05) is 20.8 Å². The summed E-state index contributed by atoms with van der Waals surface area (Å²) < 4.78 is 0. The van der Waals surface area contributed by atoms with Gasteiger partial charge in [0.25, 0.3) is 0 Å². The Bertz CT molecular complexity index is 816. The molecule has 0 aromatic heterocycles. The van der Waals surface area contributed by atoms with Gasteiger partial charge in [-0.15, -0.1) is 0 Å². The molecule has 4 rings (SSSR count). The van der Waals surface area contributed by atoms with Crippen LogP contribution < -0.4 is 0 Å². The van der Waals surface area contributed by atoms with E-state index in [9.17, 15) is 30.3 Å². The zero-order valence-electron chi connectivity index (χ0n) is 20.9. The monoisotopic (exact) mass is 464 g/mol. The molecule has 10 atom stereocenters. The maximum absolute atomic E-state index is 13.2. The van der Waals surface area contributed by atoms with Gasteiger partial charge in [0.05, 0.1) is 29.5 Å². The summed E-state index contributed by atoms with van der Waals surface area (Å²) >= 11 is 0. The molecule has 0 amide bonds. The average Bonchev–Trinajstić information content (AvgIpc) is 2.99. The van der Waals surface area contributed by atoms with Crippen molar-refractivity contribution in [3.63, 3.8) is 0 Å². The quantitative estimate of drug-likeness (QED) is 0.427. The van der Waals surface area contributed by atoms with Gasteiger partial charge in [0, 0.05) is 11.3 Å². The van der Waals surface area contributed by atoms with E-state index < -0.39 is 40.3 Å². The van der Waals surface area contributed by atoms with Gasteiger partial charge in [-0.3, -0.25) is 4.79 Å². The molecule has 0 spiro atoms. The van der Waals surface area contributed by atoms with Crippen LogP contribution in [0.1, 0.15) is 86.0 Å². The molecule has 3 saturated carbocycles. The fourth-order valence-corrected chi connectivity index (χ4v) is 8.29. The van der Waals surface area contributed by atoms with Crippen LogP contribution in [0, 0.1) is 34.5 Å². The SMILES string of the molecule is CC(C(O)CCC(C)(C)O)C1CC[C@@]2(O)C3=CC(=O)C4CC(O)C(O)C[C@]4(C)C3CC[C@]12C. The van der Waals surface area contributed by atoms with E-state index >= 15 is 0 Å². The molecule has 7 unspecified atom stereocenters. The summed E-state index contributed by atoms with van der Waals surface area (Å²) in [5, 5.41) is 53.9. The van der Waals surface area contributed by atoms with Gasteiger partial charge in [-0.05, 0) is 100 Å². The number of allylic oxidation sites excluding steroid dienone is 1. The Kier molecular flexibility index (Phi) is 6.23. The van der Waals surface area contributed by atoms with Crippen LogP contribution in [0.4, 0.5) is 0 Å². The summed E-state index contributed by atoms with van der Waals surface area (Å²) in [4.78, 5) is 13.2. The van der Waals surface area contributed by atoms with E-state index in [-0.39, 0.29) is 35.9 Å². The van der Waals surface area contributed by atoms with Crippen molar-refractivity contribution in [2.24, 2.45) is 34.5 Å². The number of carbonyl (C=O) groups is 1. The van der Waals surface area contributed by atoms with Gasteiger partial charge in [-0.2, -0.15) is 0 Å². The lowest BCUT2D eigenvalue weighted by Crippen LogP contribution is -2.61. The van der Waals surface area contributed by atoms with Crippen molar-refractivity contribution in [3.05, 3.63) is 11.6 Å². The molecule has 4 aliphatic carbocycles. The van der Waals surface area contributed by atoms with Gasteiger partial charge < -0.3 is 25.5 Å². The third-order valence-corrected chi connectivity index (χ3v) is 10.5. The molecule has 0 bridgehead atoms. The van der Waals surface area contributed by atoms with Crippen molar-refractivity contribution in [1.29, 1.82) is 0 Å². The van der Waals surface area contributed by atoms with Gasteiger partial charge in [0.1, 0.15) is 0 Å². The van der Waals surface area contributed by atoms with E-state index in [4.69, 9.17) is 0 Å². The smallest absolute Gasteiger partial charge is 0.159 e. The van der Waals surface area contributed by atoms with Gasteiger partial charge in [0.2, 0.25) is 0 Å². The van der Waals surface area contributed by atoms with E-state index in [1.807, 2.05) is 0 Å². The number of ketones is 1. The number of aliphatic hydroxyl groups is 5. The maximum atomic E-state index is 13.2. The molecule has 33 heavy (non-hydrogen) atoms. The van der Waals surface area contributed by atoms with Crippen LogP contribution >= 0.6 is 0 Å². The highest BCUT2D eigenvalue weighted by molar-refractivity contribution is 5.95. The second kappa shape index (κ2) is 8.12. The molecule has 0 radical (unpaired) electrons. The third kappa shape index (κ3) is 3.85. The van der Waals surface area contributed by atoms with E-state index in [1.54, 1.807) is 19.9 Å². The standard InChI is InChI=1S/C27H44O6/c1-15(20(28)8-9-24(2,3)32)16-7-11-27(33)18-12-21(29)19-13-22(30)23(31)14-25(19,4)17(18)6-10-26(16,27)5/h12,15-17,19-20,22-23,28,30-33H,6-11,13-14H2,1-5H3/t15?,16?,17?,19?,20?,22?,23?,25-,26-,27-/m1/s1. The fraction of sp³-hybridized carbons (Fsp3) is 0.889. The van der Waals surface area contributed by atoms with Crippen molar-refractivity contribution < 1.29 is 30.3 Å². The first kappa shape index (κ1) is 25.3. The number of fused-ring (bicyclic) bond motifs is 5. The third-order valence-electron chi connectivity index (χ3n) is 10.5. The number of carbonyl (C=O) groups excluding carboxylic acids is 1. The lowest BCUT2D eigenvalue weighted by Gasteiger charge is -2.60. The van der Waals surface area contributed by atoms with Crippen molar-refractivity contribution in [1.82, 2.24) is 0 Å². The minimum Gasteiger partial charge on any atom is -0.393 e. The second-order valence-corrected chi connectivity index (χ2v) is 12.9. The van der Waals surface area contributed by atoms with Crippen LogP contribution in [0.25, 0.3) is 0 Å². The molecule has 0 aromatic carbocycles. The molecule has 6 heteroatoms. The predicted molar refractivity (Wildman–Crippen MR) is 125 cm³/mol. The summed E-state index contributed by atoms with van der Waals surface area (Å²) in [5.41, 5.74) is -2.01. The lowest BCUT2D eigenvalue weighted by atomic mass is 9.46. The Morgan fingerprint density at radius 2 is 1.79 bits per heavy atom. The molecule has 6 nitrogen and oxygen atoms in total. The Morgan fingerprint density at radius 3 is 2.42 bits per heavy atom.